The highest BCUT2D eigenvalue weighted by atomic mass is 32.1. The van der Waals surface area contributed by atoms with Crippen LogP contribution in [0, 0.1) is 0 Å². The normalized spacial score (nSPS) is 10.8. The van der Waals surface area contributed by atoms with E-state index in [-0.39, 0.29) is 5.91 Å². The molecule has 0 aliphatic rings. The number of carbonyl (C=O) groups excluding carboxylic acids is 1. The molecule has 4 aromatic rings. The molecule has 0 spiro atoms. The minimum Gasteiger partial charge on any atom is -0.451 e. The van der Waals surface area contributed by atoms with Gasteiger partial charge in [-0.2, -0.15) is 0 Å². The van der Waals surface area contributed by atoms with Gasteiger partial charge in [0.25, 0.3) is 5.91 Å². The van der Waals surface area contributed by atoms with E-state index in [4.69, 9.17) is 4.42 Å². The van der Waals surface area contributed by atoms with Crippen LogP contribution in [0.2, 0.25) is 0 Å². The van der Waals surface area contributed by atoms with Gasteiger partial charge in [-0.15, -0.1) is 11.3 Å². The van der Waals surface area contributed by atoms with Crippen LogP contribution in [0.4, 0.5) is 5.69 Å². The lowest BCUT2D eigenvalue weighted by molar-refractivity contribution is 0.0998. The monoisotopic (exact) mass is 320 g/mol. The number of aromatic nitrogens is 1. The molecule has 0 saturated heterocycles. The first-order valence-corrected chi connectivity index (χ1v) is 7.97. The maximum atomic E-state index is 12.3. The van der Waals surface area contributed by atoms with Crippen LogP contribution in [0.25, 0.3) is 21.5 Å². The number of nitrogens with one attached hydrogen (secondary N) is 1. The van der Waals surface area contributed by atoms with Crippen LogP contribution in [0.3, 0.4) is 0 Å². The highest BCUT2D eigenvalue weighted by molar-refractivity contribution is 7.13. The third kappa shape index (κ3) is 2.74. The molecule has 0 bridgehead atoms. The number of benzene rings is 2. The summed E-state index contributed by atoms with van der Waals surface area (Å²) in [6.45, 7) is 0. The molecule has 0 fully saturated rings. The Balaban J connectivity index is 1.54. The number of rotatable bonds is 3. The minimum absolute atomic E-state index is 0.261. The second-order valence-electron chi connectivity index (χ2n) is 5.02. The van der Waals surface area contributed by atoms with Gasteiger partial charge in [-0.25, -0.2) is 4.98 Å². The van der Waals surface area contributed by atoms with Gasteiger partial charge in [-0.05, 0) is 36.4 Å². The quantitative estimate of drug-likeness (QED) is 0.589. The van der Waals surface area contributed by atoms with Crippen molar-refractivity contribution in [3.8, 4) is 10.6 Å². The molecule has 0 radical (unpaired) electrons. The largest absolute Gasteiger partial charge is 0.451 e. The van der Waals surface area contributed by atoms with E-state index in [1.165, 1.54) is 0 Å². The summed E-state index contributed by atoms with van der Waals surface area (Å²) in [6.07, 6.45) is 1.78. The predicted octanol–water partition coefficient (Wildman–Crippen LogP) is 4.81. The van der Waals surface area contributed by atoms with Gasteiger partial charge in [0.05, 0.1) is 0 Å². The Hall–Kier alpha value is -2.92. The van der Waals surface area contributed by atoms with E-state index in [2.05, 4.69) is 10.3 Å². The van der Waals surface area contributed by atoms with E-state index >= 15 is 0 Å². The van der Waals surface area contributed by atoms with Gasteiger partial charge >= 0.3 is 0 Å². The molecule has 0 aliphatic heterocycles. The predicted molar refractivity (Wildman–Crippen MR) is 91.7 cm³/mol. The Morgan fingerprint density at radius 2 is 1.91 bits per heavy atom. The molecule has 1 N–H and O–H groups in total. The molecule has 112 valence electrons. The van der Waals surface area contributed by atoms with Gasteiger partial charge in [0.15, 0.2) is 5.76 Å². The van der Waals surface area contributed by atoms with Crippen molar-refractivity contribution in [1.29, 1.82) is 0 Å². The summed E-state index contributed by atoms with van der Waals surface area (Å²) in [5.41, 5.74) is 2.45. The third-order valence-electron chi connectivity index (χ3n) is 3.47. The Morgan fingerprint density at radius 3 is 2.65 bits per heavy atom. The van der Waals surface area contributed by atoms with Crippen molar-refractivity contribution in [2.75, 3.05) is 5.32 Å². The fraction of sp³-hybridized carbons (Fsp3) is 0. The van der Waals surface area contributed by atoms with Crippen LogP contribution in [-0.2, 0) is 0 Å². The first kappa shape index (κ1) is 13.7. The van der Waals surface area contributed by atoms with Gasteiger partial charge < -0.3 is 9.73 Å². The maximum absolute atomic E-state index is 12.3. The number of carbonyl (C=O) groups is 1. The average Bonchev–Trinajstić information content (AvgIpc) is 3.25. The molecule has 5 heteroatoms. The number of furan rings is 1. The van der Waals surface area contributed by atoms with Crippen LogP contribution in [0.15, 0.2) is 70.6 Å². The lowest BCUT2D eigenvalue weighted by atomic mass is 10.2. The van der Waals surface area contributed by atoms with E-state index in [1.54, 1.807) is 23.6 Å². The molecule has 0 atom stereocenters. The Kier molecular flexibility index (Phi) is 3.40. The van der Waals surface area contributed by atoms with E-state index in [9.17, 15) is 4.79 Å². The van der Waals surface area contributed by atoms with Crippen molar-refractivity contribution >= 4 is 33.9 Å². The number of amides is 1. The topological polar surface area (TPSA) is 55.1 Å². The molecule has 4 nitrogen and oxygen atoms in total. The highest BCUT2D eigenvalue weighted by Crippen LogP contribution is 2.24. The number of hydrogen-bond acceptors (Lipinski definition) is 4. The Labute approximate surface area is 136 Å². The molecule has 23 heavy (non-hydrogen) atoms. The van der Waals surface area contributed by atoms with Crippen molar-refractivity contribution in [3.05, 3.63) is 71.9 Å². The van der Waals surface area contributed by atoms with Gasteiger partial charge in [0.1, 0.15) is 10.6 Å². The summed E-state index contributed by atoms with van der Waals surface area (Å²) >= 11 is 1.58. The molecular weight excluding hydrogens is 308 g/mol. The summed E-state index contributed by atoms with van der Waals surface area (Å²) in [5, 5.41) is 6.65. The molecule has 4 rings (SSSR count). The lowest BCUT2D eigenvalue weighted by Crippen LogP contribution is -2.10. The number of nitrogens with zero attached hydrogens (tertiary/aromatic N) is 1. The minimum atomic E-state index is -0.261. The van der Waals surface area contributed by atoms with Crippen LogP contribution in [0.1, 0.15) is 10.6 Å². The molecule has 2 aromatic heterocycles. The van der Waals surface area contributed by atoms with Crippen molar-refractivity contribution in [2.24, 2.45) is 0 Å². The van der Waals surface area contributed by atoms with Crippen LogP contribution in [0.5, 0.6) is 0 Å². The standard InChI is InChI=1S/C18H12N2O2S/c21-17(16-11-13-3-1-2-4-15(13)22-16)20-14-7-5-12(6-8-14)18-19-9-10-23-18/h1-11H,(H,20,21). The van der Waals surface area contributed by atoms with Crippen molar-refractivity contribution in [2.45, 2.75) is 0 Å². The van der Waals surface area contributed by atoms with Crippen LogP contribution < -0.4 is 5.32 Å². The summed E-state index contributed by atoms with van der Waals surface area (Å²) in [5.74, 6) is 0.0402. The Bertz CT molecular complexity index is 923. The lowest BCUT2D eigenvalue weighted by Gasteiger charge is -2.04. The number of thiazole rings is 1. The van der Waals surface area contributed by atoms with Crippen molar-refractivity contribution in [3.63, 3.8) is 0 Å². The first-order chi connectivity index (χ1) is 11.3. The number of para-hydroxylation sites is 1. The van der Waals surface area contributed by atoms with Gasteiger partial charge in [0, 0.05) is 28.2 Å². The summed E-state index contributed by atoms with van der Waals surface area (Å²) in [7, 11) is 0. The molecule has 1 amide bonds. The number of hydrogen-bond donors (Lipinski definition) is 1. The van der Waals surface area contributed by atoms with E-state index in [1.807, 2.05) is 53.9 Å². The van der Waals surface area contributed by atoms with Gasteiger partial charge in [0.2, 0.25) is 0 Å². The van der Waals surface area contributed by atoms with Gasteiger partial charge in [-0.1, -0.05) is 18.2 Å². The molecular formula is C18H12N2O2S. The van der Waals surface area contributed by atoms with E-state index < -0.39 is 0 Å². The van der Waals surface area contributed by atoms with Crippen molar-refractivity contribution in [1.82, 2.24) is 4.98 Å². The van der Waals surface area contributed by atoms with Gasteiger partial charge in [-0.3, -0.25) is 4.79 Å². The zero-order valence-corrected chi connectivity index (χ0v) is 12.8. The smallest absolute Gasteiger partial charge is 0.291 e. The van der Waals surface area contributed by atoms with Crippen LogP contribution in [-0.4, -0.2) is 10.9 Å². The third-order valence-corrected chi connectivity index (χ3v) is 4.29. The molecule has 0 unspecified atom stereocenters. The zero-order valence-electron chi connectivity index (χ0n) is 12.0. The summed E-state index contributed by atoms with van der Waals surface area (Å²) < 4.78 is 5.56. The Morgan fingerprint density at radius 1 is 1.09 bits per heavy atom. The summed E-state index contributed by atoms with van der Waals surface area (Å²) in [4.78, 5) is 16.5. The van der Waals surface area contributed by atoms with Crippen molar-refractivity contribution < 1.29 is 9.21 Å². The molecule has 0 aliphatic carbocycles. The summed E-state index contributed by atoms with van der Waals surface area (Å²) in [6, 6.07) is 16.9. The first-order valence-electron chi connectivity index (χ1n) is 7.09. The molecule has 2 aromatic carbocycles. The van der Waals surface area contributed by atoms with Crippen LogP contribution >= 0.6 is 11.3 Å². The fourth-order valence-corrected chi connectivity index (χ4v) is 2.99. The van der Waals surface area contributed by atoms with E-state index in [0.717, 1.165) is 21.6 Å². The second kappa shape index (κ2) is 5.70. The SMILES string of the molecule is O=C(Nc1ccc(-c2nccs2)cc1)c1cc2ccccc2o1. The zero-order chi connectivity index (χ0) is 15.6. The fourth-order valence-electron chi connectivity index (χ4n) is 2.35. The highest BCUT2D eigenvalue weighted by Gasteiger charge is 2.12. The maximum Gasteiger partial charge on any atom is 0.291 e. The van der Waals surface area contributed by atoms with E-state index in [0.29, 0.717) is 11.3 Å². The molecule has 2 heterocycles. The average molecular weight is 320 g/mol. The number of anilines is 1. The molecule has 0 saturated carbocycles. The number of fused-ring (bicyclic) bond motifs is 1. The second-order valence-corrected chi connectivity index (χ2v) is 5.91.